The zero-order valence-electron chi connectivity index (χ0n) is 9.51. The number of aliphatic carboxylic acids is 1. The van der Waals surface area contributed by atoms with Crippen LogP contribution >= 0.6 is 0 Å². The summed E-state index contributed by atoms with van der Waals surface area (Å²) < 4.78 is 4.80. The average Bonchev–Trinajstić information content (AvgIpc) is 2.34. The molecular formula is C12H14N2O3. The van der Waals surface area contributed by atoms with Crippen molar-refractivity contribution in [1.29, 1.82) is 5.26 Å². The molecule has 0 aliphatic carbocycles. The lowest BCUT2D eigenvalue weighted by molar-refractivity contribution is -0.140. The molecule has 2 N–H and O–H groups in total. The second-order valence-electron chi connectivity index (χ2n) is 3.54. The van der Waals surface area contributed by atoms with Crippen molar-refractivity contribution in [2.45, 2.75) is 12.6 Å². The van der Waals surface area contributed by atoms with Crippen molar-refractivity contribution in [3.63, 3.8) is 0 Å². The minimum Gasteiger partial charge on any atom is -0.480 e. The molecule has 0 saturated heterocycles. The first kappa shape index (κ1) is 13.2. The minimum atomic E-state index is -0.944. The van der Waals surface area contributed by atoms with Crippen LogP contribution in [0.5, 0.6) is 0 Å². The topological polar surface area (TPSA) is 82.3 Å². The van der Waals surface area contributed by atoms with Crippen molar-refractivity contribution >= 4 is 5.97 Å². The lowest BCUT2D eigenvalue weighted by atomic mass is 10.1. The maximum Gasteiger partial charge on any atom is 0.323 e. The monoisotopic (exact) mass is 234 g/mol. The average molecular weight is 234 g/mol. The van der Waals surface area contributed by atoms with Crippen LogP contribution in [0.3, 0.4) is 0 Å². The van der Waals surface area contributed by atoms with E-state index in [1.807, 2.05) is 6.07 Å². The molecule has 1 atom stereocenters. The summed E-state index contributed by atoms with van der Waals surface area (Å²) in [6.45, 7) is 0.539. The molecule has 5 nitrogen and oxygen atoms in total. The Labute approximate surface area is 99.6 Å². The molecule has 0 amide bonds. The van der Waals surface area contributed by atoms with Crippen molar-refractivity contribution in [3.8, 4) is 6.07 Å². The normalized spacial score (nSPS) is 11.8. The summed E-state index contributed by atoms with van der Waals surface area (Å²) in [7, 11) is 1.46. The first-order valence-electron chi connectivity index (χ1n) is 5.11. The van der Waals surface area contributed by atoms with Crippen molar-refractivity contribution in [2.75, 3.05) is 13.7 Å². The highest BCUT2D eigenvalue weighted by molar-refractivity contribution is 5.73. The molecule has 1 unspecified atom stereocenters. The third-order valence-electron chi connectivity index (χ3n) is 2.27. The molecule has 5 heteroatoms. The summed E-state index contributed by atoms with van der Waals surface area (Å²) in [5.74, 6) is -0.944. The molecule has 0 heterocycles. The third kappa shape index (κ3) is 4.23. The Kier molecular flexibility index (Phi) is 5.14. The summed E-state index contributed by atoms with van der Waals surface area (Å²) in [6.07, 6.45) is 0. The number of benzene rings is 1. The molecule has 0 aromatic heterocycles. The van der Waals surface area contributed by atoms with E-state index in [-0.39, 0.29) is 6.61 Å². The Morgan fingerprint density at radius 1 is 1.53 bits per heavy atom. The largest absolute Gasteiger partial charge is 0.480 e. The number of carboxylic acids is 1. The highest BCUT2D eigenvalue weighted by Crippen LogP contribution is 2.03. The van der Waals surface area contributed by atoms with Gasteiger partial charge in [-0.25, -0.2) is 0 Å². The van der Waals surface area contributed by atoms with Crippen LogP contribution in [-0.2, 0) is 16.1 Å². The second kappa shape index (κ2) is 6.63. The SMILES string of the molecule is COCC(NCc1ccc(C#N)cc1)C(=O)O. The van der Waals surface area contributed by atoms with Gasteiger partial charge in [0.15, 0.2) is 0 Å². The summed E-state index contributed by atoms with van der Waals surface area (Å²) in [4.78, 5) is 10.8. The maximum atomic E-state index is 10.8. The van der Waals surface area contributed by atoms with Gasteiger partial charge in [-0.3, -0.25) is 10.1 Å². The maximum absolute atomic E-state index is 10.8. The number of methoxy groups -OCH3 is 1. The summed E-state index contributed by atoms with van der Waals surface area (Å²) in [6, 6.07) is 8.27. The molecule has 0 aliphatic rings. The summed E-state index contributed by atoms with van der Waals surface area (Å²) in [5, 5.41) is 20.4. The van der Waals surface area contributed by atoms with Crippen LogP contribution in [0.4, 0.5) is 0 Å². The van der Waals surface area contributed by atoms with E-state index in [4.69, 9.17) is 15.1 Å². The Morgan fingerprint density at radius 2 is 2.18 bits per heavy atom. The van der Waals surface area contributed by atoms with Crippen LogP contribution in [0.2, 0.25) is 0 Å². The van der Waals surface area contributed by atoms with Crippen LogP contribution in [-0.4, -0.2) is 30.8 Å². The second-order valence-corrected chi connectivity index (χ2v) is 3.54. The molecule has 0 saturated carbocycles. The van der Waals surface area contributed by atoms with Gasteiger partial charge in [-0.15, -0.1) is 0 Å². The number of nitriles is 1. The fraction of sp³-hybridized carbons (Fsp3) is 0.333. The van der Waals surface area contributed by atoms with Crippen molar-refractivity contribution in [3.05, 3.63) is 35.4 Å². The van der Waals surface area contributed by atoms with Gasteiger partial charge in [-0.2, -0.15) is 5.26 Å². The number of rotatable bonds is 6. The van der Waals surface area contributed by atoms with Gasteiger partial charge in [0, 0.05) is 13.7 Å². The van der Waals surface area contributed by atoms with E-state index in [1.54, 1.807) is 24.3 Å². The molecule has 1 rings (SSSR count). The predicted octanol–water partition coefficient (Wildman–Crippen LogP) is 0.747. The van der Waals surface area contributed by atoms with Crippen molar-refractivity contribution in [2.24, 2.45) is 0 Å². The van der Waals surface area contributed by atoms with Gasteiger partial charge in [-0.05, 0) is 17.7 Å². The number of ether oxygens (including phenoxy) is 1. The first-order chi connectivity index (χ1) is 8.17. The van der Waals surface area contributed by atoms with Crippen LogP contribution in [0.25, 0.3) is 0 Å². The molecular weight excluding hydrogens is 220 g/mol. The molecule has 0 spiro atoms. The minimum absolute atomic E-state index is 0.117. The number of hydrogen-bond donors (Lipinski definition) is 2. The molecule has 1 aromatic carbocycles. The van der Waals surface area contributed by atoms with Gasteiger partial charge >= 0.3 is 5.97 Å². The summed E-state index contributed by atoms with van der Waals surface area (Å²) >= 11 is 0. The Bertz CT molecular complexity index is 409. The highest BCUT2D eigenvalue weighted by atomic mass is 16.5. The number of carboxylic acid groups (broad SMARTS) is 1. The van der Waals surface area contributed by atoms with E-state index in [0.29, 0.717) is 12.1 Å². The van der Waals surface area contributed by atoms with E-state index in [9.17, 15) is 4.79 Å². The fourth-order valence-corrected chi connectivity index (χ4v) is 1.32. The number of carbonyl (C=O) groups is 1. The third-order valence-corrected chi connectivity index (χ3v) is 2.27. The molecule has 0 fully saturated rings. The number of nitrogens with one attached hydrogen (secondary N) is 1. The number of nitrogens with zero attached hydrogens (tertiary/aromatic N) is 1. The standard InChI is InChI=1S/C12H14N2O3/c1-17-8-11(12(15)16)14-7-10-4-2-9(6-13)3-5-10/h2-5,11,14H,7-8H2,1H3,(H,15,16). The van der Waals surface area contributed by atoms with Crippen LogP contribution < -0.4 is 5.32 Å². The zero-order chi connectivity index (χ0) is 12.7. The van der Waals surface area contributed by atoms with Crippen LogP contribution in [0.15, 0.2) is 24.3 Å². The van der Waals surface area contributed by atoms with Crippen LogP contribution in [0, 0.1) is 11.3 Å². The zero-order valence-corrected chi connectivity index (χ0v) is 9.51. The molecule has 0 aliphatic heterocycles. The predicted molar refractivity (Wildman–Crippen MR) is 61.3 cm³/mol. The smallest absolute Gasteiger partial charge is 0.323 e. The van der Waals surface area contributed by atoms with Gasteiger partial charge in [-0.1, -0.05) is 12.1 Å². The molecule has 1 aromatic rings. The molecule has 0 radical (unpaired) electrons. The van der Waals surface area contributed by atoms with Crippen molar-refractivity contribution < 1.29 is 14.6 Å². The van der Waals surface area contributed by atoms with E-state index < -0.39 is 12.0 Å². The van der Waals surface area contributed by atoms with Gasteiger partial charge in [0.25, 0.3) is 0 Å². The number of hydrogen-bond acceptors (Lipinski definition) is 4. The van der Waals surface area contributed by atoms with Gasteiger partial charge in [0.1, 0.15) is 6.04 Å². The van der Waals surface area contributed by atoms with Gasteiger partial charge in [0.05, 0.1) is 18.2 Å². The quantitative estimate of drug-likeness (QED) is 0.758. The van der Waals surface area contributed by atoms with Crippen LogP contribution in [0.1, 0.15) is 11.1 Å². The molecule has 17 heavy (non-hydrogen) atoms. The molecule has 90 valence electrons. The van der Waals surface area contributed by atoms with E-state index >= 15 is 0 Å². The lowest BCUT2D eigenvalue weighted by Gasteiger charge is -2.13. The summed E-state index contributed by atoms with van der Waals surface area (Å²) in [5.41, 5.74) is 1.51. The Balaban J connectivity index is 2.53. The first-order valence-corrected chi connectivity index (χ1v) is 5.11. The molecule has 0 bridgehead atoms. The van der Waals surface area contributed by atoms with Gasteiger partial charge in [0.2, 0.25) is 0 Å². The fourth-order valence-electron chi connectivity index (χ4n) is 1.32. The van der Waals surface area contributed by atoms with Gasteiger partial charge < -0.3 is 9.84 Å². The Hall–Kier alpha value is -1.90. The van der Waals surface area contributed by atoms with E-state index in [0.717, 1.165) is 5.56 Å². The lowest BCUT2D eigenvalue weighted by Crippen LogP contribution is -2.39. The van der Waals surface area contributed by atoms with Crippen molar-refractivity contribution in [1.82, 2.24) is 5.32 Å². The Morgan fingerprint density at radius 3 is 2.65 bits per heavy atom. The van der Waals surface area contributed by atoms with E-state index in [1.165, 1.54) is 7.11 Å². The highest BCUT2D eigenvalue weighted by Gasteiger charge is 2.15. The van der Waals surface area contributed by atoms with E-state index in [2.05, 4.69) is 5.32 Å².